The lowest BCUT2D eigenvalue weighted by Gasteiger charge is -2.28. The summed E-state index contributed by atoms with van der Waals surface area (Å²) in [5.74, 6) is -0.391. The van der Waals surface area contributed by atoms with Crippen LogP contribution in [0.1, 0.15) is 27.7 Å². The smallest absolute Gasteiger partial charge is 0.333 e. The number of esters is 1. The number of carbonyl (C=O) groups excluding carboxylic acids is 1. The van der Waals surface area contributed by atoms with E-state index in [2.05, 4.69) is 6.58 Å². The normalized spacial score (nSPS) is 13.8. The molecule has 1 atom stereocenters. The molecule has 2 N–H and O–H groups in total. The van der Waals surface area contributed by atoms with E-state index in [0.29, 0.717) is 5.57 Å². The number of nitrogens with two attached hydrogens (primary N) is 1. The van der Waals surface area contributed by atoms with Crippen molar-refractivity contribution in [1.29, 1.82) is 0 Å². The molecule has 3 nitrogen and oxygen atoms in total. The zero-order valence-corrected chi connectivity index (χ0v) is 8.18. The van der Waals surface area contributed by atoms with E-state index in [9.17, 15) is 4.79 Å². The van der Waals surface area contributed by atoms with Crippen LogP contribution in [0.15, 0.2) is 12.2 Å². The van der Waals surface area contributed by atoms with Gasteiger partial charge in [-0.2, -0.15) is 0 Å². The number of hydrogen-bond donors (Lipinski definition) is 1. The summed E-state index contributed by atoms with van der Waals surface area (Å²) >= 11 is 0. The fourth-order valence-electron chi connectivity index (χ4n) is 0.419. The lowest BCUT2D eigenvalue weighted by atomic mass is 10.0. The molecule has 12 heavy (non-hydrogen) atoms. The van der Waals surface area contributed by atoms with Gasteiger partial charge in [-0.1, -0.05) is 6.58 Å². The maximum absolute atomic E-state index is 11.1. The Morgan fingerprint density at radius 2 is 2.00 bits per heavy atom. The summed E-state index contributed by atoms with van der Waals surface area (Å²) in [6, 6.07) is -0.194. The van der Waals surface area contributed by atoms with Crippen molar-refractivity contribution in [2.45, 2.75) is 39.3 Å². The van der Waals surface area contributed by atoms with Crippen LogP contribution >= 0.6 is 0 Å². The van der Waals surface area contributed by atoms with E-state index in [1.165, 1.54) is 0 Å². The van der Waals surface area contributed by atoms with Crippen LogP contribution < -0.4 is 5.73 Å². The van der Waals surface area contributed by atoms with Crippen LogP contribution in [0, 0.1) is 0 Å². The van der Waals surface area contributed by atoms with E-state index in [0.717, 1.165) is 0 Å². The lowest BCUT2D eigenvalue weighted by molar-refractivity contribution is -0.152. The molecule has 0 saturated carbocycles. The summed E-state index contributed by atoms with van der Waals surface area (Å²) in [7, 11) is 0. The molecule has 0 saturated heterocycles. The third-order valence-corrected chi connectivity index (χ3v) is 1.80. The zero-order valence-electron chi connectivity index (χ0n) is 8.18. The van der Waals surface area contributed by atoms with E-state index in [4.69, 9.17) is 10.5 Å². The van der Waals surface area contributed by atoms with E-state index >= 15 is 0 Å². The topological polar surface area (TPSA) is 52.3 Å². The maximum Gasteiger partial charge on any atom is 0.333 e. The highest BCUT2D eigenvalue weighted by atomic mass is 16.6. The first-order chi connectivity index (χ1) is 5.27. The predicted octanol–water partition coefficient (Wildman–Crippen LogP) is 1.23. The van der Waals surface area contributed by atoms with Crippen molar-refractivity contribution in [2.24, 2.45) is 5.73 Å². The van der Waals surface area contributed by atoms with Crippen molar-refractivity contribution in [3.8, 4) is 0 Å². The molecule has 0 spiro atoms. The summed E-state index contributed by atoms with van der Waals surface area (Å²) in [6.07, 6.45) is 0. The lowest BCUT2D eigenvalue weighted by Crippen LogP contribution is -2.44. The van der Waals surface area contributed by atoms with Crippen LogP contribution in [0.3, 0.4) is 0 Å². The molecule has 3 heteroatoms. The van der Waals surface area contributed by atoms with Gasteiger partial charge in [0.25, 0.3) is 0 Å². The summed E-state index contributed by atoms with van der Waals surface area (Å²) < 4.78 is 5.10. The molecule has 0 fully saturated rings. The molecule has 0 aromatic rings. The van der Waals surface area contributed by atoms with Crippen molar-refractivity contribution in [3.63, 3.8) is 0 Å². The van der Waals surface area contributed by atoms with Gasteiger partial charge in [0.15, 0.2) is 0 Å². The van der Waals surface area contributed by atoms with Crippen molar-refractivity contribution in [2.75, 3.05) is 0 Å². The van der Waals surface area contributed by atoms with Gasteiger partial charge < -0.3 is 10.5 Å². The van der Waals surface area contributed by atoms with Gasteiger partial charge in [0.2, 0.25) is 0 Å². The van der Waals surface area contributed by atoms with E-state index in [-0.39, 0.29) is 6.04 Å². The minimum absolute atomic E-state index is 0.194. The van der Waals surface area contributed by atoms with Gasteiger partial charge in [0, 0.05) is 11.6 Å². The zero-order chi connectivity index (χ0) is 9.94. The first-order valence-corrected chi connectivity index (χ1v) is 3.92. The first kappa shape index (κ1) is 11.2. The summed E-state index contributed by atoms with van der Waals surface area (Å²) in [5.41, 5.74) is 5.38. The Labute approximate surface area is 73.6 Å². The van der Waals surface area contributed by atoms with Crippen molar-refractivity contribution >= 4 is 5.97 Å². The predicted molar refractivity (Wildman–Crippen MR) is 48.6 cm³/mol. The number of ether oxygens (including phenoxy) is 1. The second-order valence-electron chi connectivity index (χ2n) is 3.56. The molecule has 0 aromatic carbocycles. The average molecular weight is 171 g/mol. The third-order valence-electron chi connectivity index (χ3n) is 1.80. The van der Waals surface area contributed by atoms with Crippen LogP contribution in [-0.2, 0) is 9.53 Å². The molecule has 0 rings (SSSR count). The largest absolute Gasteiger partial charge is 0.455 e. The Hall–Kier alpha value is -0.830. The number of rotatable bonds is 3. The third kappa shape index (κ3) is 3.05. The Morgan fingerprint density at radius 3 is 2.25 bits per heavy atom. The van der Waals surface area contributed by atoms with E-state index in [1.807, 2.05) is 0 Å². The molecular weight excluding hydrogens is 154 g/mol. The Morgan fingerprint density at radius 1 is 1.58 bits per heavy atom. The summed E-state index contributed by atoms with van der Waals surface area (Å²) in [6.45, 7) is 10.4. The second-order valence-corrected chi connectivity index (χ2v) is 3.56. The van der Waals surface area contributed by atoms with E-state index in [1.54, 1.807) is 27.7 Å². The van der Waals surface area contributed by atoms with Crippen LogP contribution in [0.5, 0.6) is 0 Å². The quantitative estimate of drug-likeness (QED) is 0.513. The van der Waals surface area contributed by atoms with Gasteiger partial charge in [-0.05, 0) is 27.7 Å². The van der Waals surface area contributed by atoms with Gasteiger partial charge in [-0.3, -0.25) is 0 Å². The standard InChI is InChI=1S/C9H17NO2/c1-6(2)8(11)12-9(4,5)7(3)10/h7H,1,10H2,2-5H3. The van der Waals surface area contributed by atoms with E-state index < -0.39 is 11.6 Å². The molecule has 0 aromatic heterocycles. The Bertz CT molecular complexity index is 195. The highest BCUT2D eigenvalue weighted by Gasteiger charge is 2.27. The molecule has 0 bridgehead atoms. The minimum atomic E-state index is -0.629. The molecule has 1 unspecified atom stereocenters. The molecular formula is C9H17NO2. The van der Waals surface area contributed by atoms with Gasteiger partial charge in [0.05, 0.1) is 0 Å². The molecule has 0 aliphatic heterocycles. The summed E-state index contributed by atoms with van der Waals surface area (Å²) in [4.78, 5) is 11.1. The second kappa shape index (κ2) is 3.72. The van der Waals surface area contributed by atoms with Crippen LogP contribution in [0.2, 0.25) is 0 Å². The van der Waals surface area contributed by atoms with Crippen molar-refractivity contribution < 1.29 is 9.53 Å². The SMILES string of the molecule is C=C(C)C(=O)OC(C)(C)C(C)N. The fraction of sp³-hybridized carbons (Fsp3) is 0.667. The van der Waals surface area contributed by atoms with Gasteiger partial charge in [-0.25, -0.2) is 4.79 Å². The molecule has 0 amide bonds. The van der Waals surface area contributed by atoms with Gasteiger partial charge in [-0.15, -0.1) is 0 Å². The maximum atomic E-state index is 11.1. The first-order valence-electron chi connectivity index (χ1n) is 3.92. The van der Waals surface area contributed by atoms with Crippen molar-refractivity contribution in [1.82, 2.24) is 0 Å². The highest BCUT2D eigenvalue weighted by Crippen LogP contribution is 2.14. The van der Waals surface area contributed by atoms with Crippen LogP contribution in [-0.4, -0.2) is 17.6 Å². The fourth-order valence-corrected chi connectivity index (χ4v) is 0.419. The highest BCUT2D eigenvalue weighted by molar-refractivity contribution is 5.87. The van der Waals surface area contributed by atoms with Gasteiger partial charge >= 0.3 is 5.97 Å². The van der Waals surface area contributed by atoms with Crippen LogP contribution in [0.25, 0.3) is 0 Å². The molecule has 0 aliphatic carbocycles. The Balaban J connectivity index is 4.25. The van der Waals surface area contributed by atoms with Crippen molar-refractivity contribution in [3.05, 3.63) is 12.2 Å². The minimum Gasteiger partial charge on any atom is -0.455 e. The number of hydrogen-bond acceptors (Lipinski definition) is 3. The Kier molecular flexibility index (Phi) is 3.46. The molecule has 70 valence electrons. The summed E-state index contributed by atoms with van der Waals surface area (Å²) in [5, 5.41) is 0. The molecule has 0 radical (unpaired) electrons. The number of carbonyl (C=O) groups is 1. The monoisotopic (exact) mass is 171 g/mol. The molecule has 0 heterocycles. The van der Waals surface area contributed by atoms with Gasteiger partial charge in [0.1, 0.15) is 5.60 Å². The van der Waals surface area contributed by atoms with Crippen LogP contribution in [0.4, 0.5) is 0 Å². The molecule has 0 aliphatic rings. The average Bonchev–Trinajstić information content (AvgIpc) is 1.85.